The Morgan fingerprint density at radius 3 is 2.71 bits per heavy atom. The zero-order chi connectivity index (χ0) is 12.6. The van der Waals surface area contributed by atoms with Gasteiger partial charge in [-0.25, -0.2) is 4.79 Å². The first-order valence-corrected chi connectivity index (χ1v) is 6.08. The van der Waals surface area contributed by atoms with Crippen LogP contribution < -0.4 is 0 Å². The van der Waals surface area contributed by atoms with Crippen molar-refractivity contribution in [1.29, 1.82) is 0 Å². The summed E-state index contributed by atoms with van der Waals surface area (Å²) in [6.45, 7) is 4.04. The van der Waals surface area contributed by atoms with Crippen molar-refractivity contribution in [3.05, 3.63) is 23.0 Å². The Morgan fingerprint density at radius 1 is 1.47 bits per heavy atom. The van der Waals surface area contributed by atoms with Crippen molar-refractivity contribution in [1.82, 2.24) is 9.47 Å². The van der Waals surface area contributed by atoms with Crippen LogP contribution in [-0.4, -0.2) is 40.7 Å². The van der Waals surface area contributed by atoms with Crippen molar-refractivity contribution in [3.8, 4) is 0 Å². The van der Waals surface area contributed by atoms with Gasteiger partial charge in [-0.05, 0) is 39.4 Å². The van der Waals surface area contributed by atoms with E-state index in [2.05, 4.69) is 11.9 Å². The molecular formula is C13H20N2O2. The molecule has 1 aromatic heterocycles. The third-order valence-corrected chi connectivity index (χ3v) is 3.85. The van der Waals surface area contributed by atoms with E-state index in [0.717, 1.165) is 30.9 Å². The molecule has 1 aliphatic heterocycles. The molecular weight excluding hydrogens is 216 g/mol. The highest BCUT2D eigenvalue weighted by atomic mass is 16.4. The Hall–Kier alpha value is -1.29. The molecule has 1 aromatic rings. The number of hydrogen-bond donors (Lipinski definition) is 1. The lowest BCUT2D eigenvalue weighted by atomic mass is 9.95. The molecule has 0 amide bonds. The topological polar surface area (TPSA) is 45.5 Å². The molecule has 1 saturated heterocycles. The first kappa shape index (κ1) is 12.2. The Labute approximate surface area is 102 Å². The highest BCUT2D eigenvalue weighted by Crippen LogP contribution is 2.29. The van der Waals surface area contributed by atoms with Gasteiger partial charge < -0.3 is 14.6 Å². The number of rotatable bonds is 2. The maximum absolute atomic E-state index is 11.1. The third kappa shape index (κ3) is 2.22. The number of piperidine rings is 1. The predicted octanol–water partition coefficient (Wildman–Crippen LogP) is 1.84. The summed E-state index contributed by atoms with van der Waals surface area (Å²) in [7, 11) is 4.09. The summed E-state index contributed by atoms with van der Waals surface area (Å²) in [5.41, 5.74) is 2.45. The first-order valence-electron chi connectivity index (χ1n) is 6.08. The summed E-state index contributed by atoms with van der Waals surface area (Å²) in [6, 6.07) is 1.85. The Balaban J connectivity index is 2.32. The zero-order valence-electron chi connectivity index (χ0n) is 10.7. The maximum atomic E-state index is 11.1. The largest absolute Gasteiger partial charge is 0.478 e. The fraction of sp³-hybridized carbons (Fsp3) is 0.615. The monoisotopic (exact) mass is 236 g/mol. The number of hydrogen-bond acceptors (Lipinski definition) is 2. The second-order valence-corrected chi connectivity index (χ2v) is 5.03. The summed E-state index contributed by atoms with van der Waals surface area (Å²) < 4.78 is 2.04. The lowest BCUT2D eigenvalue weighted by Crippen LogP contribution is -2.31. The van der Waals surface area contributed by atoms with E-state index < -0.39 is 5.97 Å². The summed E-state index contributed by atoms with van der Waals surface area (Å²) in [4.78, 5) is 13.4. The van der Waals surface area contributed by atoms with Gasteiger partial charge in [0.15, 0.2) is 0 Å². The van der Waals surface area contributed by atoms with Gasteiger partial charge in [-0.3, -0.25) is 0 Å². The molecule has 0 aliphatic carbocycles. The van der Waals surface area contributed by atoms with Gasteiger partial charge in [0.1, 0.15) is 0 Å². The Morgan fingerprint density at radius 2 is 2.18 bits per heavy atom. The van der Waals surface area contributed by atoms with Gasteiger partial charge in [-0.2, -0.15) is 0 Å². The molecule has 1 atom stereocenters. The lowest BCUT2D eigenvalue weighted by molar-refractivity contribution is 0.0696. The van der Waals surface area contributed by atoms with Crippen molar-refractivity contribution in [2.24, 2.45) is 7.05 Å². The highest BCUT2D eigenvalue weighted by Gasteiger charge is 2.24. The summed E-state index contributed by atoms with van der Waals surface area (Å²) >= 11 is 0. The van der Waals surface area contributed by atoms with Crippen LogP contribution in [0.3, 0.4) is 0 Å². The van der Waals surface area contributed by atoms with Crippen LogP contribution in [0.2, 0.25) is 0 Å². The Kier molecular flexibility index (Phi) is 3.24. The Bertz CT molecular complexity index is 437. The minimum absolute atomic E-state index is 0.440. The minimum atomic E-state index is -0.825. The van der Waals surface area contributed by atoms with Gasteiger partial charge in [0, 0.05) is 30.9 Å². The number of carboxylic acids is 1. The van der Waals surface area contributed by atoms with E-state index >= 15 is 0 Å². The molecule has 94 valence electrons. The number of likely N-dealkylation sites (tertiary alicyclic amines) is 1. The number of carboxylic acid groups (broad SMARTS) is 1. The van der Waals surface area contributed by atoms with E-state index in [1.165, 1.54) is 6.42 Å². The fourth-order valence-corrected chi connectivity index (χ4v) is 2.74. The number of aromatic nitrogens is 1. The zero-order valence-corrected chi connectivity index (χ0v) is 10.7. The van der Waals surface area contributed by atoms with Crippen molar-refractivity contribution in [2.75, 3.05) is 20.1 Å². The molecule has 4 heteroatoms. The number of likely N-dealkylation sites (N-methyl/N-ethyl adjacent to an activating group) is 1. The molecule has 17 heavy (non-hydrogen) atoms. The molecule has 1 aliphatic rings. The molecule has 1 unspecified atom stereocenters. The molecule has 2 heterocycles. The highest BCUT2D eigenvalue weighted by molar-refractivity contribution is 5.89. The summed E-state index contributed by atoms with van der Waals surface area (Å²) in [5, 5.41) is 9.13. The van der Waals surface area contributed by atoms with Crippen LogP contribution in [0.4, 0.5) is 0 Å². The van der Waals surface area contributed by atoms with Gasteiger partial charge in [0.05, 0.1) is 5.56 Å². The number of carbonyl (C=O) groups is 1. The molecule has 1 N–H and O–H groups in total. The quantitative estimate of drug-likeness (QED) is 0.852. The molecule has 0 aromatic carbocycles. The minimum Gasteiger partial charge on any atom is -0.478 e. The van der Waals surface area contributed by atoms with Crippen LogP contribution >= 0.6 is 0 Å². The van der Waals surface area contributed by atoms with Gasteiger partial charge in [0.2, 0.25) is 0 Å². The van der Waals surface area contributed by atoms with E-state index in [0.29, 0.717) is 11.5 Å². The van der Waals surface area contributed by atoms with E-state index in [4.69, 9.17) is 5.11 Å². The average molecular weight is 236 g/mol. The third-order valence-electron chi connectivity index (χ3n) is 3.85. The molecule has 0 spiro atoms. The van der Waals surface area contributed by atoms with E-state index in [9.17, 15) is 4.79 Å². The normalized spacial score (nSPS) is 21.7. The van der Waals surface area contributed by atoms with Gasteiger partial charge in [0.25, 0.3) is 0 Å². The summed E-state index contributed by atoms with van der Waals surface area (Å²) in [6.07, 6.45) is 2.34. The molecule has 4 nitrogen and oxygen atoms in total. The molecule has 0 radical (unpaired) electrons. The summed E-state index contributed by atoms with van der Waals surface area (Å²) in [5.74, 6) is -0.362. The van der Waals surface area contributed by atoms with E-state index in [1.807, 2.05) is 24.6 Å². The smallest absolute Gasteiger partial charge is 0.337 e. The number of aromatic carboxylic acids is 1. The van der Waals surface area contributed by atoms with E-state index in [1.54, 1.807) is 0 Å². The average Bonchev–Trinajstić information content (AvgIpc) is 2.56. The van der Waals surface area contributed by atoms with Crippen molar-refractivity contribution in [2.45, 2.75) is 25.7 Å². The van der Waals surface area contributed by atoms with Gasteiger partial charge in [-0.15, -0.1) is 0 Å². The van der Waals surface area contributed by atoms with Crippen LogP contribution in [0.25, 0.3) is 0 Å². The fourth-order valence-electron chi connectivity index (χ4n) is 2.74. The van der Waals surface area contributed by atoms with Crippen LogP contribution in [-0.2, 0) is 7.05 Å². The molecule has 1 fully saturated rings. The van der Waals surface area contributed by atoms with Gasteiger partial charge >= 0.3 is 5.97 Å². The van der Waals surface area contributed by atoms with E-state index in [-0.39, 0.29) is 0 Å². The van der Waals surface area contributed by atoms with Crippen molar-refractivity contribution < 1.29 is 9.90 Å². The second kappa shape index (κ2) is 4.53. The lowest BCUT2D eigenvalue weighted by Gasteiger charge is -2.30. The molecule has 0 saturated carbocycles. The standard InChI is InChI=1S/C13H20N2O2/c1-9-11(13(16)17)7-12(15(9)3)10-5-4-6-14(2)8-10/h7,10H,4-6,8H2,1-3H3,(H,16,17). The second-order valence-electron chi connectivity index (χ2n) is 5.03. The van der Waals surface area contributed by atoms with Crippen LogP contribution in [0.5, 0.6) is 0 Å². The van der Waals surface area contributed by atoms with Crippen LogP contribution in [0, 0.1) is 6.92 Å². The SMILES string of the molecule is Cc1c(C(=O)O)cc(C2CCCN(C)C2)n1C. The van der Waals surface area contributed by atoms with Crippen LogP contribution in [0.1, 0.15) is 40.5 Å². The van der Waals surface area contributed by atoms with Crippen molar-refractivity contribution in [3.63, 3.8) is 0 Å². The van der Waals surface area contributed by atoms with Crippen molar-refractivity contribution >= 4 is 5.97 Å². The predicted molar refractivity (Wildman–Crippen MR) is 66.6 cm³/mol. The first-order chi connectivity index (χ1) is 8.00. The molecule has 0 bridgehead atoms. The molecule has 2 rings (SSSR count). The van der Waals surface area contributed by atoms with Gasteiger partial charge in [-0.1, -0.05) is 0 Å². The maximum Gasteiger partial charge on any atom is 0.337 e. The van der Waals surface area contributed by atoms with Crippen LogP contribution in [0.15, 0.2) is 6.07 Å². The number of nitrogens with zero attached hydrogens (tertiary/aromatic N) is 2.